The minimum absolute atomic E-state index is 0.0722. The average molecular weight is 318 g/mol. The molecule has 3 rings (SSSR count). The number of hydrogen-bond acceptors (Lipinski definition) is 4. The van der Waals surface area contributed by atoms with Crippen molar-refractivity contribution < 1.29 is 9.21 Å². The maximum atomic E-state index is 12.8. The average Bonchev–Trinajstić information content (AvgIpc) is 3.08. The third-order valence-electron chi connectivity index (χ3n) is 4.39. The number of carbonyl (C=O) groups is 1. The normalized spacial score (nSPS) is 17.1. The Morgan fingerprint density at radius 1 is 1.48 bits per heavy atom. The van der Waals surface area contributed by atoms with Gasteiger partial charge >= 0.3 is 5.69 Å². The van der Waals surface area contributed by atoms with Gasteiger partial charge in [0.15, 0.2) is 0 Å². The SMILES string of the molecule is CCN(Cc1ccc(C)o1)C(=O)C1CCc2nn(C)c(=O)n2C1. The Labute approximate surface area is 134 Å². The van der Waals surface area contributed by atoms with Crippen LogP contribution in [0.4, 0.5) is 0 Å². The molecule has 0 bridgehead atoms. The van der Waals surface area contributed by atoms with E-state index in [-0.39, 0.29) is 17.5 Å². The maximum Gasteiger partial charge on any atom is 0.345 e. The van der Waals surface area contributed by atoms with E-state index in [4.69, 9.17) is 4.42 Å². The summed E-state index contributed by atoms with van der Waals surface area (Å²) in [5, 5.41) is 4.21. The highest BCUT2D eigenvalue weighted by molar-refractivity contribution is 5.78. The van der Waals surface area contributed by atoms with Crippen LogP contribution in [0.5, 0.6) is 0 Å². The van der Waals surface area contributed by atoms with E-state index < -0.39 is 0 Å². The molecule has 7 nitrogen and oxygen atoms in total. The second-order valence-corrected chi connectivity index (χ2v) is 6.03. The Hall–Kier alpha value is -2.31. The number of furan rings is 1. The number of nitrogens with zero attached hydrogens (tertiary/aromatic N) is 4. The molecule has 23 heavy (non-hydrogen) atoms. The number of carbonyl (C=O) groups excluding carboxylic acids is 1. The van der Waals surface area contributed by atoms with Crippen LogP contribution in [0.3, 0.4) is 0 Å². The minimum atomic E-state index is -0.180. The van der Waals surface area contributed by atoms with Crippen molar-refractivity contribution >= 4 is 5.91 Å². The molecule has 0 spiro atoms. The van der Waals surface area contributed by atoms with Crippen molar-refractivity contribution in [2.45, 2.75) is 39.8 Å². The fraction of sp³-hybridized carbons (Fsp3) is 0.562. The molecule has 1 atom stereocenters. The predicted octanol–water partition coefficient (Wildman–Crippen LogP) is 1.09. The van der Waals surface area contributed by atoms with Crippen LogP contribution in [0.2, 0.25) is 0 Å². The monoisotopic (exact) mass is 318 g/mol. The van der Waals surface area contributed by atoms with Gasteiger partial charge in [-0.1, -0.05) is 0 Å². The second-order valence-electron chi connectivity index (χ2n) is 6.03. The lowest BCUT2D eigenvalue weighted by Crippen LogP contribution is -2.41. The summed E-state index contributed by atoms with van der Waals surface area (Å²) in [6, 6.07) is 3.80. The molecule has 0 saturated carbocycles. The van der Waals surface area contributed by atoms with Crippen molar-refractivity contribution in [2.24, 2.45) is 13.0 Å². The molecule has 1 aliphatic rings. The lowest BCUT2D eigenvalue weighted by Gasteiger charge is -2.28. The zero-order valence-electron chi connectivity index (χ0n) is 13.8. The molecule has 1 aliphatic heterocycles. The molecule has 0 aromatic carbocycles. The molecule has 2 aromatic heterocycles. The molecule has 0 saturated heterocycles. The van der Waals surface area contributed by atoms with Crippen LogP contribution in [0, 0.1) is 12.8 Å². The molecule has 1 amide bonds. The fourth-order valence-electron chi connectivity index (χ4n) is 3.10. The van der Waals surface area contributed by atoms with Gasteiger partial charge in [0.25, 0.3) is 0 Å². The third kappa shape index (κ3) is 2.95. The van der Waals surface area contributed by atoms with Gasteiger partial charge in [-0.25, -0.2) is 9.48 Å². The van der Waals surface area contributed by atoms with Gasteiger partial charge in [0.2, 0.25) is 5.91 Å². The summed E-state index contributed by atoms with van der Waals surface area (Å²) in [4.78, 5) is 26.6. The lowest BCUT2D eigenvalue weighted by molar-refractivity contribution is -0.137. The van der Waals surface area contributed by atoms with E-state index in [2.05, 4.69) is 5.10 Å². The highest BCUT2D eigenvalue weighted by Crippen LogP contribution is 2.20. The molecule has 124 valence electrons. The molecule has 3 heterocycles. The van der Waals surface area contributed by atoms with Gasteiger partial charge in [-0.15, -0.1) is 0 Å². The first-order valence-corrected chi connectivity index (χ1v) is 7.96. The van der Waals surface area contributed by atoms with Crippen LogP contribution in [-0.2, 0) is 31.4 Å². The Morgan fingerprint density at radius 3 is 2.91 bits per heavy atom. The van der Waals surface area contributed by atoms with Crippen LogP contribution < -0.4 is 5.69 Å². The number of hydrogen-bond donors (Lipinski definition) is 0. The summed E-state index contributed by atoms with van der Waals surface area (Å²) in [6.45, 7) is 5.34. The first-order chi connectivity index (χ1) is 11.0. The van der Waals surface area contributed by atoms with Gasteiger partial charge in [-0.2, -0.15) is 5.10 Å². The van der Waals surface area contributed by atoms with Crippen molar-refractivity contribution in [3.05, 3.63) is 40.0 Å². The Morgan fingerprint density at radius 2 is 2.26 bits per heavy atom. The molecular weight excluding hydrogens is 296 g/mol. The topological polar surface area (TPSA) is 73.3 Å². The zero-order chi connectivity index (χ0) is 16.6. The standard InChI is InChI=1S/C16H22N4O3/c1-4-19(10-13-7-5-11(2)23-13)15(21)12-6-8-14-17-18(3)16(22)20(14)9-12/h5,7,12H,4,6,8-10H2,1-3H3. The molecule has 1 unspecified atom stereocenters. The summed E-state index contributed by atoms with van der Waals surface area (Å²) in [6.07, 6.45) is 1.38. The van der Waals surface area contributed by atoms with Crippen LogP contribution in [0.15, 0.2) is 21.3 Å². The van der Waals surface area contributed by atoms with Crippen molar-refractivity contribution in [1.29, 1.82) is 0 Å². The minimum Gasteiger partial charge on any atom is -0.464 e. The Balaban J connectivity index is 1.74. The van der Waals surface area contributed by atoms with E-state index in [0.29, 0.717) is 26.1 Å². The van der Waals surface area contributed by atoms with Gasteiger partial charge in [0, 0.05) is 26.6 Å². The first kappa shape index (κ1) is 15.6. The van der Waals surface area contributed by atoms with Gasteiger partial charge in [-0.3, -0.25) is 9.36 Å². The molecular formula is C16H22N4O3. The second kappa shape index (κ2) is 6.06. The number of aryl methyl sites for hydroxylation is 3. The van der Waals surface area contributed by atoms with Crippen LogP contribution in [0.25, 0.3) is 0 Å². The highest BCUT2D eigenvalue weighted by Gasteiger charge is 2.30. The predicted molar refractivity (Wildman–Crippen MR) is 83.8 cm³/mol. The van der Waals surface area contributed by atoms with Crippen molar-refractivity contribution in [3.63, 3.8) is 0 Å². The zero-order valence-corrected chi connectivity index (χ0v) is 13.8. The van der Waals surface area contributed by atoms with Crippen molar-refractivity contribution in [1.82, 2.24) is 19.2 Å². The number of amides is 1. The molecule has 0 N–H and O–H groups in total. The van der Waals surface area contributed by atoms with E-state index in [1.54, 1.807) is 16.5 Å². The van der Waals surface area contributed by atoms with Crippen molar-refractivity contribution in [2.75, 3.05) is 6.54 Å². The summed E-state index contributed by atoms with van der Waals surface area (Å²) < 4.78 is 8.53. The van der Waals surface area contributed by atoms with E-state index >= 15 is 0 Å². The third-order valence-corrected chi connectivity index (χ3v) is 4.39. The van der Waals surface area contributed by atoms with Crippen molar-refractivity contribution in [3.8, 4) is 0 Å². The van der Waals surface area contributed by atoms with E-state index in [1.165, 1.54) is 4.68 Å². The molecule has 2 aromatic rings. The molecule has 0 aliphatic carbocycles. The van der Waals surface area contributed by atoms with Gasteiger partial charge in [0.05, 0.1) is 12.5 Å². The quantitative estimate of drug-likeness (QED) is 0.846. The van der Waals surface area contributed by atoms with Crippen LogP contribution in [-0.4, -0.2) is 31.7 Å². The van der Waals surface area contributed by atoms with E-state index in [0.717, 1.165) is 23.8 Å². The Kier molecular flexibility index (Phi) is 4.11. The molecule has 7 heteroatoms. The van der Waals surface area contributed by atoms with E-state index in [9.17, 15) is 9.59 Å². The van der Waals surface area contributed by atoms with Gasteiger partial charge < -0.3 is 9.32 Å². The maximum absolute atomic E-state index is 12.8. The number of aromatic nitrogens is 3. The van der Waals surface area contributed by atoms with Gasteiger partial charge in [-0.05, 0) is 32.4 Å². The largest absolute Gasteiger partial charge is 0.464 e. The van der Waals surface area contributed by atoms with Crippen LogP contribution >= 0.6 is 0 Å². The number of fused-ring (bicyclic) bond motifs is 1. The fourth-order valence-corrected chi connectivity index (χ4v) is 3.10. The van der Waals surface area contributed by atoms with E-state index in [1.807, 2.05) is 26.0 Å². The van der Waals surface area contributed by atoms with Crippen LogP contribution in [0.1, 0.15) is 30.7 Å². The summed E-state index contributed by atoms with van der Waals surface area (Å²) in [5.41, 5.74) is -0.151. The summed E-state index contributed by atoms with van der Waals surface area (Å²) in [5.74, 6) is 2.29. The number of rotatable bonds is 4. The highest BCUT2D eigenvalue weighted by atomic mass is 16.3. The molecule has 0 fully saturated rings. The van der Waals surface area contributed by atoms with Gasteiger partial charge in [0.1, 0.15) is 17.3 Å². The first-order valence-electron chi connectivity index (χ1n) is 7.96. The molecule has 0 radical (unpaired) electrons. The summed E-state index contributed by atoms with van der Waals surface area (Å²) in [7, 11) is 1.64. The Bertz CT molecular complexity index is 771. The lowest BCUT2D eigenvalue weighted by atomic mass is 9.97. The smallest absolute Gasteiger partial charge is 0.345 e. The summed E-state index contributed by atoms with van der Waals surface area (Å²) >= 11 is 0.